The van der Waals surface area contributed by atoms with Crippen LogP contribution in [0.4, 0.5) is 0 Å². The van der Waals surface area contributed by atoms with Crippen LogP contribution in [0.3, 0.4) is 0 Å². The number of aliphatic imine (C=N–C) groups is 1. The Morgan fingerprint density at radius 1 is 1.03 bits per heavy atom. The topological polar surface area (TPSA) is 73.3 Å². The van der Waals surface area contributed by atoms with Crippen molar-refractivity contribution in [2.24, 2.45) is 10.4 Å². The summed E-state index contributed by atoms with van der Waals surface area (Å²) >= 11 is 0. The van der Waals surface area contributed by atoms with Gasteiger partial charge in [0.1, 0.15) is 0 Å². The van der Waals surface area contributed by atoms with Crippen molar-refractivity contribution in [3.05, 3.63) is 23.8 Å². The average Bonchev–Trinajstić information content (AvgIpc) is 3.48. The van der Waals surface area contributed by atoms with Crippen LogP contribution in [0.5, 0.6) is 11.5 Å². The number of nitrogens with one attached hydrogen (secondary N) is 2. The van der Waals surface area contributed by atoms with Gasteiger partial charge in [0, 0.05) is 52.5 Å². The lowest BCUT2D eigenvalue weighted by Gasteiger charge is -2.38. The van der Waals surface area contributed by atoms with Gasteiger partial charge in [-0.05, 0) is 55.2 Å². The fourth-order valence-electron chi connectivity index (χ4n) is 5.26. The summed E-state index contributed by atoms with van der Waals surface area (Å²) in [6, 6.07) is 6.35. The Kier molecular flexibility index (Phi) is 9.31. The molecule has 180 valence electrons. The predicted octanol–water partition coefficient (Wildman–Crippen LogP) is 3.84. The zero-order valence-electron chi connectivity index (χ0n) is 19.4. The Morgan fingerprint density at radius 3 is 2.47 bits per heavy atom. The zero-order valence-corrected chi connectivity index (χ0v) is 21.7. The van der Waals surface area contributed by atoms with Crippen LogP contribution in [-0.2, 0) is 14.9 Å². The molecule has 1 saturated carbocycles. The summed E-state index contributed by atoms with van der Waals surface area (Å²) in [4.78, 5) is 4.51. The molecule has 0 atom stereocenters. The largest absolute Gasteiger partial charge is 0.454 e. The van der Waals surface area contributed by atoms with Crippen molar-refractivity contribution >= 4 is 29.9 Å². The number of halogens is 1. The molecule has 8 heteroatoms. The summed E-state index contributed by atoms with van der Waals surface area (Å²) in [6.07, 6.45) is 8.18. The van der Waals surface area contributed by atoms with E-state index in [9.17, 15) is 0 Å². The SMILES string of the molecule is CN=C(NCC1(CCOC)CCCC1)NCC1(c2ccc3c(c2)OCO3)CCOCC1.I. The lowest BCUT2D eigenvalue weighted by molar-refractivity contribution is 0.0513. The summed E-state index contributed by atoms with van der Waals surface area (Å²) in [5.41, 5.74) is 1.58. The van der Waals surface area contributed by atoms with E-state index in [4.69, 9.17) is 18.9 Å². The highest BCUT2D eigenvalue weighted by molar-refractivity contribution is 14.0. The second-order valence-electron chi connectivity index (χ2n) is 9.19. The molecule has 1 aromatic carbocycles. The van der Waals surface area contributed by atoms with E-state index >= 15 is 0 Å². The van der Waals surface area contributed by atoms with Gasteiger partial charge in [-0.1, -0.05) is 18.9 Å². The number of hydrogen-bond acceptors (Lipinski definition) is 5. The van der Waals surface area contributed by atoms with Gasteiger partial charge in [-0.15, -0.1) is 24.0 Å². The van der Waals surface area contributed by atoms with Gasteiger partial charge < -0.3 is 29.6 Å². The van der Waals surface area contributed by atoms with Crippen LogP contribution in [0, 0.1) is 5.41 Å². The molecule has 0 radical (unpaired) electrons. The molecule has 2 heterocycles. The molecule has 32 heavy (non-hydrogen) atoms. The van der Waals surface area contributed by atoms with Crippen LogP contribution in [0.25, 0.3) is 0 Å². The van der Waals surface area contributed by atoms with Crippen LogP contribution in [0.15, 0.2) is 23.2 Å². The molecule has 0 unspecified atom stereocenters. The standard InChI is InChI=1S/C24H37N3O4.HI/c1-25-22(26-16-23(9-12-28-2)7-3-4-8-23)27-17-24(10-13-29-14-11-24)19-5-6-20-21(15-19)31-18-30-20;/h5-6,15H,3-4,7-14,16-18H2,1-2H3,(H2,25,26,27);1H. The molecule has 1 aromatic rings. The third kappa shape index (κ3) is 5.80. The molecule has 2 N–H and O–H groups in total. The van der Waals surface area contributed by atoms with Crippen molar-refractivity contribution in [2.75, 3.05) is 53.9 Å². The van der Waals surface area contributed by atoms with Gasteiger partial charge in [0.05, 0.1) is 0 Å². The molecule has 0 amide bonds. The smallest absolute Gasteiger partial charge is 0.231 e. The number of ether oxygens (including phenoxy) is 4. The van der Waals surface area contributed by atoms with Crippen LogP contribution in [0.2, 0.25) is 0 Å². The van der Waals surface area contributed by atoms with Crippen molar-refractivity contribution < 1.29 is 18.9 Å². The first-order valence-electron chi connectivity index (χ1n) is 11.6. The van der Waals surface area contributed by atoms with Crippen LogP contribution >= 0.6 is 24.0 Å². The molecular formula is C24H38IN3O4. The molecular weight excluding hydrogens is 521 g/mol. The van der Waals surface area contributed by atoms with Crippen molar-refractivity contribution in [3.63, 3.8) is 0 Å². The molecule has 2 aliphatic heterocycles. The van der Waals surface area contributed by atoms with Gasteiger partial charge in [-0.25, -0.2) is 0 Å². The lowest BCUT2D eigenvalue weighted by atomic mass is 9.74. The maximum Gasteiger partial charge on any atom is 0.231 e. The van der Waals surface area contributed by atoms with E-state index in [-0.39, 0.29) is 29.4 Å². The minimum atomic E-state index is -0.0159. The Balaban J connectivity index is 0.00000289. The minimum absolute atomic E-state index is 0. The number of nitrogens with zero attached hydrogens (tertiary/aromatic N) is 1. The highest BCUT2D eigenvalue weighted by atomic mass is 127. The van der Waals surface area contributed by atoms with Gasteiger partial charge in [0.15, 0.2) is 17.5 Å². The highest BCUT2D eigenvalue weighted by Crippen LogP contribution is 2.41. The lowest BCUT2D eigenvalue weighted by Crippen LogP contribution is -2.49. The second kappa shape index (κ2) is 11.7. The van der Waals surface area contributed by atoms with E-state index in [1.54, 1.807) is 7.11 Å². The average molecular weight is 559 g/mol. The van der Waals surface area contributed by atoms with Crippen molar-refractivity contribution in [3.8, 4) is 11.5 Å². The molecule has 2 fully saturated rings. The van der Waals surface area contributed by atoms with E-state index in [1.807, 2.05) is 13.1 Å². The highest BCUT2D eigenvalue weighted by Gasteiger charge is 2.37. The molecule has 7 nitrogen and oxygen atoms in total. The maximum atomic E-state index is 5.70. The quantitative estimate of drug-likeness (QED) is 0.287. The third-order valence-electron chi connectivity index (χ3n) is 7.38. The Labute approximate surface area is 209 Å². The molecule has 0 bridgehead atoms. The van der Waals surface area contributed by atoms with Crippen LogP contribution in [-0.4, -0.2) is 59.8 Å². The Morgan fingerprint density at radius 2 is 1.75 bits per heavy atom. The number of fused-ring (bicyclic) bond motifs is 1. The van der Waals surface area contributed by atoms with Gasteiger partial charge in [0.2, 0.25) is 6.79 Å². The number of rotatable bonds is 8. The number of guanidine groups is 1. The Hall–Kier alpha value is -1.26. The van der Waals surface area contributed by atoms with Crippen molar-refractivity contribution in [1.82, 2.24) is 10.6 Å². The summed E-state index contributed by atoms with van der Waals surface area (Å²) in [7, 11) is 3.64. The molecule has 1 saturated heterocycles. The van der Waals surface area contributed by atoms with Gasteiger partial charge in [-0.2, -0.15) is 0 Å². The van der Waals surface area contributed by atoms with Crippen LogP contribution in [0.1, 0.15) is 50.5 Å². The molecule has 1 aliphatic carbocycles. The summed E-state index contributed by atoms with van der Waals surface area (Å²) in [6.45, 7) is 4.40. The number of benzene rings is 1. The van der Waals surface area contributed by atoms with E-state index in [0.29, 0.717) is 12.2 Å². The monoisotopic (exact) mass is 559 g/mol. The normalized spacial score (nSPS) is 21.1. The van der Waals surface area contributed by atoms with E-state index in [2.05, 4.69) is 27.8 Å². The zero-order chi connectivity index (χ0) is 21.6. The molecule has 3 aliphatic rings. The summed E-state index contributed by atoms with van der Waals surface area (Å²) < 4.78 is 22.2. The van der Waals surface area contributed by atoms with E-state index < -0.39 is 0 Å². The molecule has 0 spiro atoms. The van der Waals surface area contributed by atoms with E-state index in [0.717, 1.165) is 69.6 Å². The van der Waals surface area contributed by atoms with Crippen molar-refractivity contribution in [1.29, 1.82) is 0 Å². The number of methoxy groups -OCH3 is 1. The van der Waals surface area contributed by atoms with Gasteiger partial charge in [0.25, 0.3) is 0 Å². The fourth-order valence-corrected chi connectivity index (χ4v) is 5.26. The Bertz CT molecular complexity index is 762. The number of hydrogen-bond donors (Lipinski definition) is 2. The summed E-state index contributed by atoms with van der Waals surface area (Å²) in [5.74, 6) is 2.54. The molecule has 0 aromatic heterocycles. The maximum absolute atomic E-state index is 5.70. The molecule has 4 rings (SSSR count). The summed E-state index contributed by atoms with van der Waals surface area (Å²) in [5, 5.41) is 7.24. The predicted molar refractivity (Wildman–Crippen MR) is 136 cm³/mol. The first-order valence-corrected chi connectivity index (χ1v) is 11.6. The van der Waals surface area contributed by atoms with E-state index in [1.165, 1.54) is 31.2 Å². The van der Waals surface area contributed by atoms with Gasteiger partial charge in [-0.3, -0.25) is 4.99 Å². The first-order chi connectivity index (χ1) is 15.2. The van der Waals surface area contributed by atoms with Crippen LogP contribution < -0.4 is 20.1 Å². The third-order valence-corrected chi connectivity index (χ3v) is 7.38. The second-order valence-corrected chi connectivity index (χ2v) is 9.19. The minimum Gasteiger partial charge on any atom is -0.454 e. The van der Waals surface area contributed by atoms with Crippen molar-refractivity contribution in [2.45, 2.75) is 50.4 Å². The fraction of sp³-hybridized carbons (Fsp3) is 0.708. The first kappa shape index (κ1) is 25.4. The van der Waals surface area contributed by atoms with Gasteiger partial charge >= 0.3 is 0 Å².